The number of nitrogens with one attached hydrogen (secondary N) is 2. The van der Waals surface area contributed by atoms with Crippen molar-refractivity contribution in [1.82, 2.24) is 24.8 Å². The van der Waals surface area contributed by atoms with E-state index in [0.717, 1.165) is 40.9 Å². The van der Waals surface area contributed by atoms with Gasteiger partial charge >= 0.3 is 0 Å². The maximum atomic E-state index is 13.7. The second kappa shape index (κ2) is 13.9. The van der Waals surface area contributed by atoms with Crippen LogP contribution in [0.15, 0.2) is 60.3 Å². The number of carbonyl (C=O) groups excluding carboxylic acids is 2. The number of rotatable bonds is 10. The minimum atomic E-state index is -0.584. The van der Waals surface area contributed by atoms with Gasteiger partial charge < -0.3 is 14.8 Å². The van der Waals surface area contributed by atoms with Crippen LogP contribution >= 0.6 is 11.3 Å². The Kier molecular flexibility index (Phi) is 9.99. The maximum absolute atomic E-state index is 13.7. The lowest BCUT2D eigenvalue weighted by Crippen LogP contribution is -2.39. The minimum absolute atomic E-state index is 0.0708. The van der Waals surface area contributed by atoms with Gasteiger partial charge in [0.15, 0.2) is 0 Å². The number of fused-ring (bicyclic) bond motifs is 1. The SMILES string of the molecule is CC(C)/C=C(\C#N)C(=O)N1CCC[C@@H]1Cn1c(NC(=O)c2ccc(-c3ccnc(F)c3)s2)nc2cc(CNCC(C)(C)C)ccc21. The number of hydrogen-bond acceptors (Lipinski definition) is 7. The molecule has 1 aliphatic heterocycles. The molecule has 0 unspecified atom stereocenters. The number of nitriles is 1. The number of benzene rings is 1. The van der Waals surface area contributed by atoms with Gasteiger partial charge in [0.05, 0.1) is 22.0 Å². The second-order valence-electron chi connectivity index (χ2n) is 13.2. The number of carbonyl (C=O) groups is 2. The van der Waals surface area contributed by atoms with Crippen molar-refractivity contribution in [2.45, 2.75) is 66.6 Å². The van der Waals surface area contributed by atoms with Gasteiger partial charge in [0.1, 0.15) is 11.6 Å². The van der Waals surface area contributed by atoms with Gasteiger partial charge in [-0.2, -0.15) is 9.65 Å². The van der Waals surface area contributed by atoms with Crippen LogP contribution in [0.4, 0.5) is 10.3 Å². The van der Waals surface area contributed by atoms with Gasteiger partial charge in [0, 0.05) is 43.3 Å². The second-order valence-corrected chi connectivity index (χ2v) is 14.3. The fraction of sp³-hybridized carbons (Fsp3) is 0.400. The Morgan fingerprint density at radius 2 is 2.00 bits per heavy atom. The molecule has 9 nitrogen and oxygen atoms in total. The molecule has 0 spiro atoms. The molecule has 0 saturated carbocycles. The Labute approximate surface area is 273 Å². The largest absolute Gasteiger partial charge is 0.333 e. The van der Waals surface area contributed by atoms with E-state index in [1.54, 1.807) is 29.2 Å². The lowest BCUT2D eigenvalue weighted by atomic mass is 9.97. The third-order valence-corrected chi connectivity index (χ3v) is 8.88. The molecular weight excluding hydrogens is 601 g/mol. The quantitative estimate of drug-likeness (QED) is 0.112. The summed E-state index contributed by atoms with van der Waals surface area (Å²) in [6, 6.07) is 14.5. The van der Waals surface area contributed by atoms with Crippen LogP contribution in [0.3, 0.4) is 0 Å². The van der Waals surface area contributed by atoms with E-state index in [1.807, 2.05) is 30.5 Å². The average molecular weight is 642 g/mol. The van der Waals surface area contributed by atoms with Gasteiger partial charge in [0.2, 0.25) is 11.9 Å². The lowest BCUT2D eigenvalue weighted by molar-refractivity contribution is -0.127. The van der Waals surface area contributed by atoms with Crippen molar-refractivity contribution in [3.8, 4) is 16.5 Å². The number of likely N-dealkylation sites (tertiary alicyclic amines) is 1. The zero-order valence-electron chi connectivity index (χ0n) is 26.9. The van der Waals surface area contributed by atoms with Crippen LogP contribution in [0.2, 0.25) is 0 Å². The normalized spacial score (nSPS) is 15.5. The molecule has 11 heteroatoms. The van der Waals surface area contributed by atoms with Gasteiger partial charge in [-0.15, -0.1) is 11.3 Å². The van der Waals surface area contributed by atoms with Gasteiger partial charge in [-0.1, -0.05) is 46.8 Å². The molecule has 46 heavy (non-hydrogen) atoms. The van der Waals surface area contributed by atoms with Crippen molar-refractivity contribution in [3.05, 3.63) is 76.7 Å². The highest BCUT2D eigenvalue weighted by Crippen LogP contribution is 2.30. The monoisotopic (exact) mass is 641 g/mol. The smallest absolute Gasteiger partial charge is 0.268 e. The molecule has 4 aromatic rings. The van der Waals surface area contributed by atoms with Crippen molar-refractivity contribution in [2.24, 2.45) is 11.3 Å². The Hall–Kier alpha value is -4.40. The number of halogens is 1. The molecule has 0 radical (unpaired) electrons. The van der Waals surface area contributed by atoms with Gasteiger partial charge in [-0.3, -0.25) is 14.9 Å². The summed E-state index contributed by atoms with van der Waals surface area (Å²) in [7, 11) is 0. The van der Waals surface area contributed by atoms with E-state index in [4.69, 9.17) is 4.98 Å². The molecule has 5 rings (SSSR count). The molecular formula is C35H40FN7O2S. The topological polar surface area (TPSA) is 116 Å². The molecule has 240 valence electrons. The van der Waals surface area contributed by atoms with Crippen LogP contribution in [0.1, 0.15) is 62.7 Å². The number of nitrogens with zero attached hydrogens (tertiary/aromatic N) is 5. The highest BCUT2D eigenvalue weighted by Gasteiger charge is 2.32. The predicted molar refractivity (Wildman–Crippen MR) is 180 cm³/mol. The van der Waals surface area contributed by atoms with Crippen molar-refractivity contribution in [2.75, 3.05) is 18.4 Å². The number of hydrogen-bond donors (Lipinski definition) is 2. The van der Waals surface area contributed by atoms with Crippen molar-refractivity contribution in [1.29, 1.82) is 5.26 Å². The summed E-state index contributed by atoms with van der Waals surface area (Å²) in [5.41, 5.74) is 3.59. The molecule has 1 aliphatic rings. The molecule has 1 saturated heterocycles. The molecule has 1 atom stereocenters. The molecule has 1 fully saturated rings. The number of anilines is 1. The van der Waals surface area contributed by atoms with Crippen LogP contribution in [0.5, 0.6) is 0 Å². The van der Waals surface area contributed by atoms with Crippen molar-refractivity contribution >= 4 is 40.1 Å². The molecule has 4 heterocycles. The summed E-state index contributed by atoms with van der Waals surface area (Å²) in [4.78, 5) is 38.4. The summed E-state index contributed by atoms with van der Waals surface area (Å²) < 4.78 is 15.7. The van der Waals surface area contributed by atoms with E-state index in [9.17, 15) is 19.2 Å². The Balaban J connectivity index is 1.45. The first-order valence-corrected chi connectivity index (χ1v) is 16.4. The standard InChI is InChI=1S/C35H40FN7O2S/c1-22(2)15-25(18-37)33(45)42-14-6-7-26(42)20-43-28-9-8-23(19-38-21-35(3,4)5)16-27(28)40-34(43)41-32(44)30-11-10-29(46-30)24-12-13-39-31(36)17-24/h8-13,15-17,22,26,38H,6-7,14,19-21H2,1-5H3,(H,40,41,44)/b25-15+/t26-/m1/s1. The number of allylic oxidation sites excluding steroid dienone is 1. The van der Waals surface area contributed by atoms with E-state index in [0.29, 0.717) is 36.0 Å². The average Bonchev–Trinajstić information content (AvgIpc) is 3.74. The highest BCUT2D eigenvalue weighted by atomic mass is 32.1. The molecule has 1 aromatic carbocycles. The fourth-order valence-electron chi connectivity index (χ4n) is 5.63. The molecule has 2 N–H and O–H groups in total. The third kappa shape index (κ3) is 7.87. The molecule has 3 aromatic heterocycles. The lowest BCUT2D eigenvalue weighted by Gasteiger charge is -2.26. The third-order valence-electron chi connectivity index (χ3n) is 7.75. The van der Waals surface area contributed by atoms with E-state index >= 15 is 0 Å². The van der Waals surface area contributed by atoms with E-state index < -0.39 is 5.95 Å². The summed E-state index contributed by atoms with van der Waals surface area (Å²) in [5, 5.41) is 16.2. The van der Waals surface area contributed by atoms with E-state index in [1.165, 1.54) is 23.6 Å². The van der Waals surface area contributed by atoms with Gasteiger partial charge in [-0.05, 0) is 65.6 Å². The Bertz CT molecular complexity index is 1810. The van der Waals surface area contributed by atoms with Crippen molar-refractivity contribution < 1.29 is 14.0 Å². The van der Waals surface area contributed by atoms with Gasteiger partial charge in [0.25, 0.3) is 11.8 Å². The summed E-state index contributed by atoms with van der Waals surface area (Å²) in [6.07, 6.45) is 4.70. The summed E-state index contributed by atoms with van der Waals surface area (Å²) in [5.74, 6) is -0.733. The van der Waals surface area contributed by atoms with Crippen LogP contribution in [0.25, 0.3) is 21.5 Å². The molecule has 2 amide bonds. The zero-order valence-corrected chi connectivity index (χ0v) is 27.7. The number of imidazole rings is 1. The zero-order chi connectivity index (χ0) is 33.0. The van der Waals surface area contributed by atoms with Crippen molar-refractivity contribution in [3.63, 3.8) is 0 Å². The Morgan fingerprint density at radius 3 is 2.72 bits per heavy atom. The highest BCUT2D eigenvalue weighted by molar-refractivity contribution is 7.17. The summed E-state index contributed by atoms with van der Waals surface area (Å²) >= 11 is 1.25. The first-order chi connectivity index (χ1) is 21.9. The van der Waals surface area contributed by atoms with E-state index in [-0.39, 0.29) is 34.8 Å². The fourth-order valence-corrected chi connectivity index (χ4v) is 6.53. The molecule has 0 bridgehead atoms. The Morgan fingerprint density at radius 1 is 1.20 bits per heavy atom. The first-order valence-electron chi connectivity index (χ1n) is 15.6. The number of pyridine rings is 1. The first kappa shape index (κ1) is 33.0. The van der Waals surface area contributed by atoms with Crippen LogP contribution in [-0.4, -0.2) is 50.4 Å². The predicted octanol–water partition coefficient (Wildman–Crippen LogP) is 6.78. The number of aromatic nitrogens is 3. The summed E-state index contributed by atoms with van der Waals surface area (Å²) in [6.45, 7) is 12.9. The molecule has 0 aliphatic carbocycles. The number of thiophene rings is 1. The number of amides is 2. The minimum Gasteiger partial charge on any atom is -0.333 e. The van der Waals surface area contributed by atoms with Crippen LogP contribution in [-0.2, 0) is 17.9 Å². The van der Waals surface area contributed by atoms with Crippen LogP contribution < -0.4 is 10.6 Å². The van der Waals surface area contributed by atoms with Crippen LogP contribution in [0, 0.1) is 28.6 Å². The van der Waals surface area contributed by atoms with E-state index in [2.05, 4.69) is 48.5 Å². The van der Waals surface area contributed by atoms with Gasteiger partial charge in [-0.25, -0.2) is 9.97 Å². The maximum Gasteiger partial charge on any atom is 0.268 e.